The highest BCUT2D eigenvalue weighted by molar-refractivity contribution is 5.75. The molecule has 18 heavy (non-hydrogen) atoms. The first-order chi connectivity index (χ1) is 8.72. The highest BCUT2D eigenvalue weighted by atomic mass is 16.4. The van der Waals surface area contributed by atoms with Crippen LogP contribution in [0.3, 0.4) is 0 Å². The van der Waals surface area contributed by atoms with Crippen molar-refractivity contribution in [2.24, 2.45) is 0 Å². The van der Waals surface area contributed by atoms with Gasteiger partial charge in [-0.15, -0.1) is 0 Å². The largest absolute Gasteiger partial charge is 0.423 e. The second kappa shape index (κ2) is 4.18. The van der Waals surface area contributed by atoms with Gasteiger partial charge in [0.15, 0.2) is 5.58 Å². The lowest BCUT2D eigenvalue weighted by Gasteiger charge is -2.06. The quantitative estimate of drug-likeness (QED) is 0.727. The van der Waals surface area contributed by atoms with Gasteiger partial charge in [0.05, 0.1) is 0 Å². The average Bonchev–Trinajstić information content (AvgIpc) is 2.76. The summed E-state index contributed by atoms with van der Waals surface area (Å²) in [4.78, 5) is 4.40. The Morgan fingerprint density at radius 3 is 2.72 bits per heavy atom. The molecule has 0 bridgehead atoms. The van der Waals surface area contributed by atoms with Crippen molar-refractivity contribution in [1.29, 1.82) is 0 Å². The zero-order chi connectivity index (χ0) is 12.5. The molecule has 0 saturated carbocycles. The first-order valence-corrected chi connectivity index (χ1v) is 5.92. The fourth-order valence-corrected chi connectivity index (χ4v) is 1.91. The molecule has 0 spiro atoms. The fourth-order valence-electron chi connectivity index (χ4n) is 1.91. The molecule has 0 aliphatic rings. The van der Waals surface area contributed by atoms with Crippen LogP contribution in [0, 0.1) is 13.8 Å². The summed E-state index contributed by atoms with van der Waals surface area (Å²) in [5, 5.41) is 3.22. The Bertz CT molecular complexity index is 668. The van der Waals surface area contributed by atoms with Gasteiger partial charge in [0, 0.05) is 5.69 Å². The van der Waals surface area contributed by atoms with E-state index >= 15 is 0 Å². The molecule has 3 heteroatoms. The number of nitrogens with one attached hydrogen (secondary N) is 1. The molecule has 1 aromatic heterocycles. The molecule has 0 radical (unpaired) electrons. The van der Waals surface area contributed by atoms with Gasteiger partial charge in [-0.05, 0) is 43.2 Å². The van der Waals surface area contributed by atoms with Crippen molar-refractivity contribution in [3.8, 4) is 0 Å². The third-order valence-electron chi connectivity index (χ3n) is 2.93. The predicted octanol–water partition coefficient (Wildman–Crippen LogP) is 4.19. The van der Waals surface area contributed by atoms with E-state index in [1.165, 1.54) is 11.1 Å². The lowest BCUT2D eigenvalue weighted by Crippen LogP contribution is -1.93. The van der Waals surface area contributed by atoms with Crippen molar-refractivity contribution in [2.75, 3.05) is 5.32 Å². The van der Waals surface area contributed by atoms with Crippen LogP contribution in [-0.2, 0) is 0 Å². The molecule has 2 aromatic carbocycles. The summed E-state index contributed by atoms with van der Waals surface area (Å²) in [6.45, 7) is 4.13. The van der Waals surface area contributed by atoms with Crippen molar-refractivity contribution >= 4 is 22.8 Å². The lowest BCUT2D eigenvalue weighted by atomic mass is 10.1. The Labute approximate surface area is 105 Å². The van der Waals surface area contributed by atoms with Gasteiger partial charge in [-0.2, -0.15) is 4.98 Å². The van der Waals surface area contributed by atoms with Crippen LogP contribution in [0.1, 0.15) is 11.1 Å². The number of rotatable bonds is 2. The molecule has 3 rings (SSSR count). The minimum absolute atomic E-state index is 0.532. The van der Waals surface area contributed by atoms with Gasteiger partial charge in [0.2, 0.25) is 0 Å². The molecular weight excluding hydrogens is 224 g/mol. The molecule has 0 saturated heterocycles. The minimum Gasteiger partial charge on any atom is -0.423 e. The highest BCUT2D eigenvalue weighted by Gasteiger charge is 2.06. The maximum absolute atomic E-state index is 5.64. The summed E-state index contributed by atoms with van der Waals surface area (Å²) in [5.41, 5.74) is 5.07. The molecule has 1 heterocycles. The molecule has 3 aromatic rings. The van der Waals surface area contributed by atoms with E-state index in [-0.39, 0.29) is 0 Å². The van der Waals surface area contributed by atoms with E-state index in [1.807, 2.05) is 24.3 Å². The zero-order valence-corrected chi connectivity index (χ0v) is 10.4. The number of anilines is 2. The van der Waals surface area contributed by atoms with E-state index in [2.05, 4.69) is 42.3 Å². The molecule has 0 amide bonds. The van der Waals surface area contributed by atoms with Crippen LogP contribution in [-0.4, -0.2) is 4.98 Å². The SMILES string of the molecule is Cc1ccc(C)c(Nc2nc3ccccc3o2)c1. The Kier molecular flexibility index (Phi) is 2.52. The number of aryl methyl sites for hydroxylation is 2. The first-order valence-electron chi connectivity index (χ1n) is 5.92. The van der Waals surface area contributed by atoms with E-state index < -0.39 is 0 Å². The van der Waals surface area contributed by atoms with Crippen LogP contribution in [0.4, 0.5) is 11.7 Å². The molecule has 3 nitrogen and oxygen atoms in total. The Hall–Kier alpha value is -2.29. The molecule has 1 N–H and O–H groups in total. The van der Waals surface area contributed by atoms with Gasteiger partial charge in [0.25, 0.3) is 6.01 Å². The van der Waals surface area contributed by atoms with Crippen molar-refractivity contribution in [1.82, 2.24) is 4.98 Å². The second-order valence-electron chi connectivity index (χ2n) is 4.43. The molecule has 0 atom stereocenters. The Balaban J connectivity index is 1.98. The number of benzene rings is 2. The standard InChI is InChI=1S/C15H14N2O/c1-10-7-8-11(2)13(9-10)17-15-16-12-5-3-4-6-14(12)18-15/h3-9H,1-2H3,(H,16,17). The zero-order valence-electron chi connectivity index (χ0n) is 10.4. The summed E-state index contributed by atoms with van der Waals surface area (Å²) in [7, 11) is 0. The molecule has 0 aliphatic heterocycles. The summed E-state index contributed by atoms with van der Waals surface area (Å²) < 4.78 is 5.64. The van der Waals surface area contributed by atoms with Crippen molar-refractivity contribution < 1.29 is 4.42 Å². The summed E-state index contributed by atoms with van der Waals surface area (Å²) in [5.74, 6) is 0. The number of hydrogen-bond acceptors (Lipinski definition) is 3. The number of para-hydroxylation sites is 2. The lowest BCUT2D eigenvalue weighted by molar-refractivity contribution is 0.623. The molecule has 0 aliphatic carbocycles. The number of hydrogen-bond donors (Lipinski definition) is 1. The molecule has 0 unspecified atom stereocenters. The van der Waals surface area contributed by atoms with Gasteiger partial charge < -0.3 is 9.73 Å². The van der Waals surface area contributed by atoms with E-state index in [1.54, 1.807) is 0 Å². The van der Waals surface area contributed by atoms with Gasteiger partial charge in [-0.25, -0.2) is 0 Å². The van der Waals surface area contributed by atoms with E-state index in [9.17, 15) is 0 Å². The number of aromatic nitrogens is 1. The third-order valence-corrected chi connectivity index (χ3v) is 2.93. The summed E-state index contributed by atoms with van der Waals surface area (Å²) in [6.07, 6.45) is 0. The van der Waals surface area contributed by atoms with Crippen LogP contribution in [0.5, 0.6) is 0 Å². The van der Waals surface area contributed by atoms with Crippen molar-refractivity contribution in [2.45, 2.75) is 13.8 Å². The minimum atomic E-state index is 0.532. The molecular formula is C15H14N2O. The second-order valence-corrected chi connectivity index (χ2v) is 4.43. The summed E-state index contributed by atoms with van der Waals surface area (Å²) >= 11 is 0. The van der Waals surface area contributed by atoms with Gasteiger partial charge >= 0.3 is 0 Å². The number of oxazole rings is 1. The van der Waals surface area contributed by atoms with E-state index in [0.29, 0.717) is 6.01 Å². The number of fused-ring (bicyclic) bond motifs is 1. The van der Waals surface area contributed by atoms with Crippen LogP contribution >= 0.6 is 0 Å². The van der Waals surface area contributed by atoms with E-state index in [0.717, 1.165) is 16.8 Å². The maximum Gasteiger partial charge on any atom is 0.300 e. The topological polar surface area (TPSA) is 38.1 Å². The average molecular weight is 238 g/mol. The van der Waals surface area contributed by atoms with Crippen LogP contribution in [0.2, 0.25) is 0 Å². The van der Waals surface area contributed by atoms with E-state index in [4.69, 9.17) is 4.42 Å². The first kappa shape index (κ1) is 10.8. The summed E-state index contributed by atoms with van der Waals surface area (Å²) in [6, 6.07) is 14.5. The van der Waals surface area contributed by atoms with Crippen molar-refractivity contribution in [3.63, 3.8) is 0 Å². The van der Waals surface area contributed by atoms with Crippen molar-refractivity contribution in [3.05, 3.63) is 53.6 Å². The van der Waals surface area contributed by atoms with Gasteiger partial charge in [0.1, 0.15) is 5.52 Å². The third kappa shape index (κ3) is 1.95. The Morgan fingerprint density at radius 1 is 1.06 bits per heavy atom. The molecule has 0 fully saturated rings. The van der Waals surface area contributed by atoms with Crippen LogP contribution in [0.25, 0.3) is 11.1 Å². The monoisotopic (exact) mass is 238 g/mol. The van der Waals surface area contributed by atoms with Crippen LogP contribution in [0.15, 0.2) is 46.9 Å². The predicted molar refractivity (Wildman–Crippen MR) is 73.2 cm³/mol. The smallest absolute Gasteiger partial charge is 0.300 e. The van der Waals surface area contributed by atoms with Gasteiger partial charge in [-0.1, -0.05) is 24.3 Å². The maximum atomic E-state index is 5.64. The van der Waals surface area contributed by atoms with Crippen LogP contribution < -0.4 is 5.32 Å². The van der Waals surface area contributed by atoms with Gasteiger partial charge in [-0.3, -0.25) is 0 Å². The fraction of sp³-hybridized carbons (Fsp3) is 0.133. The normalized spacial score (nSPS) is 10.8. The highest BCUT2D eigenvalue weighted by Crippen LogP contribution is 2.24. The molecule has 90 valence electrons. The Morgan fingerprint density at radius 2 is 1.89 bits per heavy atom. The number of nitrogens with zero attached hydrogens (tertiary/aromatic N) is 1.